The Morgan fingerprint density at radius 2 is 1.96 bits per heavy atom. The van der Waals surface area contributed by atoms with Crippen molar-refractivity contribution >= 4 is 33.7 Å². The molecular formula is C15H17BrN2O5. The Hall–Kier alpha value is -1.93. The highest BCUT2D eigenvalue weighted by Crippen LogP contribution is 2.19. The molecule has 0 aliphatic carbocycles. The Morgan fingerprint density at radius 3 is 2.52 bits per heavy atom. The first-order valence-electron chi connectivity index (χ1n) is 7.09. The van der Waals surface area contributed by atoms with Crippen molar-refractivity contribution in [1.82, 2.24) is 10.6 Å². The zero-order valence-corrected chi connectivity index (χ0v) is 13.9. The van der Waals surface area contributed by atoms with Gasteiger partial charge in [0, 0.05) is 36.0 Å². The lowest BCUT2D eigenvalue weighted by molar-refractivity contribution is -0.147. The smallest absolute Gasteiger partial charge is 0.331 e. The average molecular weight is 385 g/mol. The van der Waals surface area contributed by atoms with E-state index in [1.807, 2.05) is 0 Å². The molecule has 0 saturated carbocycles. The van der Waals surface area contributed by atoms with Crippen molar-refractivity contribution in [2.24, 2.45) is 0 Å². The summed E-state index contributed by atoms with van der Waals surface area (Å²) in [6.07, 6.45) is 0.233. The van der Waals surface area contributed by atoms with Gasteiger partial charge in [0.1, 0.15) is 0 Å². The zero-order valence-electron chi connectivity index (χ0n) is 12.3. The number of nitrogens with one attached hydrogen (secondary N) is 2. The van der Waals surface area contributed by atoms with Crippen LogP contribution in [0.15, 0.2) is 28.7 Å². The normalized spacial score (nSPS) is 20.0. The molecule has 1 aliphatic heterocycles. The van der Waals surface area contributed by atoms with Crippen molar-refractivity contribution in [3.63, 3.8) is 0 Å². The molecule has 0 radical (unpaired) electrons. The van der Waals surface area contributed by atoms with E-state index in [1.54, 1.807) is 24.3 Å². The van der Waals surface area contributed by atoms with Crippen LogP contribution in [0.5, 0.6) is 0 Å². The Kier molecular flexibility index (Phi) is 5.73. The number of amides is 2. The minimum atomic E-state index is -1.35. The molecule has 1 fully saturated rings. The number of benzene rings is 1. The monoisotopic (exact) mass is 384 g/mol. The first-order chi connectivity index (χ1) is 10.9. The van der Waals surface area contributed by atoms with Gasteiger partial charge in [0.2, 0.25) is 5.91 Å². The van der Waals surface area contributed by atoms with Gasteiger partial charge in [-0.15, -0.1) is 0 Å². The van der Waals surface area contributed by atoms with E-state index in [0.717, 1.165) is 4.47 Å². The van der Waals surface area contributed by atoms with Gasteiger partial charge in [-0.25, -0.2) is 4.79 Å². The molecule has 124 valence electrons. The third-order valence-corrected chi connectivity index (χ3v) is 4.08. The van der Waals surface area contributed by atoms with Crippen LogP contribution in [0.25, 0.3) is 0 Å². The highest BCUT2D eigenvalue weighted by molar-refractivity contribution is 9.10. The van der Waals surface area contributed by atoms with Gasteiger partial charge in [-0.05, 0) is 24.3 Å². The van der Waals surface area contributed by atoms with Gasteiger partial charge in [-0.2, -0.15) is 0 Å². The number of halogens is 1. The summed E-state index contributed by atoms with van der Waals surface area (Å²) >= 11 is 3.28. The van der Waals surface area contributed by atoms with Crippen LogP contribution in [-0.4, -0.2) is 48.2 Å². The lowest BCUT2D eigenvalue weighted by Gasteiger charge is -2.23. The largest absolute Gasteiger partial charge is 0.479 e. The number of ether oxygens (including phenoxy) is 1. The number of carbonyl (C=O) groups excluding carboxylic acids is 2. The van der Waals surface area contributed by atoms with Crippen LogP contribution in [0.1, 0.15) is 23.2 Å². The van der Waals surface area contributed by atoms with Crippen molar-refractivity contribution in [2.75, 3.05) is 19.8 Å². The molecule has 0 aromatic heterocycles. The van der Waals surface area contributed by atoms with Crippen LogP contribution in [0.2, 0.25) is 0 Å². The van der Waals surface area contributed by atoms with E-state index in [-0.39, 0.29) is 31.9 Å². The van der Waals surface area contributed by atoms with Gasteiger partial charge in [0.15, 0.2) is 5.54 Å². The van der Waals surface area contributed by atoms with Gasteiger partial charge >= 0.3 is 5.97 Å². The molecule has 23 heavy (non-hydrogen) atoms. The molecule has 0 spiro atoms. The summed E-state index contributed by atoms with van der Waals surface area (Å²) in [5.41, 5.74) is -0.868. The molecule has 3 N–H and O–H groups in total. The third-order valence-electron chi connectivity index (χ3n) is 3.55. The van der Waals surface area contributed by atoms with E-state index < -0.39 is 17.4 Å². The quantitative estimate of drug-likeness (QED) is 0.676. The number of carbonyl (C=O) groups is 3. The number of hydrogen-bond donors (Lipinski definition) is 3. The molecule has 1 aliphatic rings. The molecule has 1 aromatic carbocycles. The summed E-state index contributed by atoms with van der Waals surface area (Å²) in [4.78, 5) is 35.1. The van der Waals surface area contributed by atoms with Crippen LogP contribution in [0.3, 0.4) is 0 Å². The first-order valence-corrected chi connectivity index (χ1v) is 7.88. The van der Waals surface area contributed by atoms with E-state index >= 15 is 0 Å². The molecule has 2 amide bonds. The fraction of sp³-hybridized carbons (Fsp3) is 0.400. The molecule has 0 bridgehead atoms. The summed E-state index contributed by atoms with van der Waals surface area (Å²) in [5, 5.41) is 14.3. The predicted octanol–water partition coefficient (Wildman–Crippen LogP) is 0.929. The molecule has 8 heteroatoms. The molecule has 1 aromatic rings. The molecule has 1 heterocycles. The minimum Gasteiger partial charge on any atom is -0.479 e. The topological polar surface area (TPSA) is 105 Å². The Morgan fingerprint density at radius 1 is 1.26 bits per heavy atom. The lowest BCUT2D eigenvalue weighted by atomic mass is 9.99. The highest BCUT2D eigenvalue weighted by atomic mass is 79.9. The Bertz CT molecular complexity index is 596. The van der Waals surface area contributed by atoms with Gasteiger partial charge in [-0.1, -0.05) is 15.9 Å². The van der Waals surface area contributed by atoms with Crippen LogP contribution in [0, 0.1) is 0 Å². The maximum absolute atomic E-state index is 11.9. The van der Waals surface area contributed by atoms with E-state index in [9.17, 15) is 19.5 Å². The maximum Gasteiger partial charge on any atom is 0.331 e. The first kappa shape index (κ1) is 17.4. The fourth-order valence-corrected chi connectivity index (χ4v) is 2.47. The van der Waals surface area contributed by atoms with Crippen LogP contribution >= 0.6 is 15.9 Å². The Balaban J connectivity index is 1.79. The number of rotatable bonds is 6. The van der Waals surface area contributed by atoms with Gasteiger partial charge in [0.25, 0.3) is 5.91 Å². The van der Waals surface area contributed by atoms with Crippen molar-refractivity contribution in [3.05, 3.63) is 34.3 Å². The van der Waals surface area contributed by atoms with E-state index in [4.69, 9.17) is 4.74 Å². The second-order valence-electron chi connectivity index (χ2n) is 5.25. The predicted molar refractivity (Wildman–Crippen MR) is 85.0 cm³/mol. The highest BCUT2D eigenvalue weighted by Gasteiger charge is 2.43. The summed E-state index contributed by atoms with van der Waals surface area (Å²) < 4.78 is 5.93. The van der Waals surface area contributed by atoms with Crippen molar-refractivity contribution < 1.29 is 24.2 Å². The summed E-state index contributed by atoms with van der Waals surface area (Å²) in [5.74, 6) is -1.83. The van der Waals surface area contributed by atoms with Crippen LogP contribution < -0.4 is 10.6 Å². The summed E-state index contributed by atoms with van der Waals surface area (Å²) in [7, 11) is 0. The van der Waals surface area contributed by atoms with Crippen LogP contribution in [-0.2, 0) is 14.3 Å². The SMILES string of the molecule is O=C(CCNC(=O)c1ccc(Br)cc1)NC1(C(=O)O)CCOC1. The Labute approximate surface area is 141 Å². The number of carboxylic acids is 1. The van der Waals surface area contributed by atoms with Crippen molar-refractivity contribution in [2.45, 2.75) is 18.4 Å². The molecule has 1 saturated heterocycles. The number of aliphatic carboxylic acids is 1. The van der Waals surface area contributed by atoms with E-state index in [1.165, 1.54) is 0 Å². The molecule has 1 atom stereocenters. The van der Waals surface area contributed by atoms with E-state index in [0.29, 0.717) is 12.2 Å². The summed E-state index contributed by atoms with van der Waals surface area (Å²) in [6, 6.07) is 6.82. The second kappa shape index (κ2) is 7.56. The minimum absolute atomic E-state index is 0.00268. The number of hydrogen-bond acceptors (Lipinski definition) is 4. The van der Waals surface area contributed by atoms with Crippen LogP contribution in [0.4, 0.5) is 0 Å². The zero-order chi connectivity index (χ0) is 16.9. The van der Waals surface area contributed by atoms with Crippen molar-refractivity contribution in [1.29, 1.82) is 0 Å². The average Bonchev–Trinajstić information content (AvgIpc) is 2.97. The third kappa shape index (κ3) is 4.52. The lowest BCUT2D eigenvalue weighted by Crippen LogP contribution is -2.55. The molecular weight excluding hydrogens is 368 g/mol. The van der Waals surface area contributed by atoms with Gasteiger partial charge < -0.3 is 20.5 Å². The van der Waals surface area contributed by atoms with Gasteiger partial charge in [0.05, 0.1) is 6.61 Å². The standard InChI is InChI=1S/C15H17BrN2O5/c16-11-3-1-10(2-4-11)13(20)17-7-5-12(19)18-15(14(21)22)6-8-23-9-15/h1-4H,5-9H2,(H,17,20)(H,18,19)(H,21,22). The van der Waals surface area contributed by atoms with Crippen molar-refractivity contribution in [3.8, 4) is 0 Å². The number of carboxylic acid groups (broad SMARTS) is 1. The molecule has 1 unspecified atom stereocenters. The second-order valence-corrected chi connectivity index (χ2v) is 6.17. The van der Waals surface area contributed by atoms with Gasteiger partial charge in [-0.3, -0.25) is 9.59 Å². The fourth-order valence-electron chi connectivity index (χ4n) is 2.21. The van der Waals surface area contributed by atoms with E-state index in [2.05, 4.69) is 26.6 Å². The molecule has 7 nitrogen and oxygen atoms in total. The molecule has 2 rings (SSSR count). The maximum atomic E-state index is 11.9. The summed E-state index contributed by atoms with van der Waals surface area (Å²) in [6.45, 7) is 0.378.